The van der Waals surface area contributed by atoms with Crippen LogP contribution in [0.25, 0.3) is 0 Å². The molecular weight excluding hydrogens is 294 g/mol. The van der Waals surface area contributed by atoms with Crippen molar-refractivity contribution in [3.05, 3.63) is 32.7 Å². The van der Waals surface area contributed by atoms with E-state index < -0.39 is 0 Å². The van der Waals surface area contributed by atoms with Gasteiger partial charge in [0.25, 0.3) is 5.56 Å². The molecule has 0 fully saturated rings. The lowest BCUT2D eigenvalue weighted by Gasteiger charge is -2.11. The highest BCUT2D eigenvalue weighted by molar-refractivity contribution is 9.10. The Bertz CT molecular complexity index is 429. The maximum absolute atomic E-state index is 11.8. The summed E-state index contributed by atoms with van der Waals surface area (Å²) in [5, 5.41) is 3.35. The Morgan fingerprint density at radius 2 is 2.11 bits per heavy atom. The molecule has 18 heavy (non-hydrogen) atoms. The SMILES string of the molecule is Cc1cc(Br)cn(CCNCCCN(C)C)c1=O. The minimum atomic E-state index is 0.0910. The quantitative estimate of drug-likeness (QED) is 0.774. The van der Waals surface area contributed by atoms with Crippen LogP contribution in [0.2, 0.25) is 0 Å². The van der Waals surface area contributed by atoms with Crippen molar-refractivity contribution in [1.29, 1.82) is 0 Å². The van der Waals surface area contributed by atoms with Gasteiger partial charge in [-0.15, -0.1) is 0 Å². The van der Waals surface area contributed by atoms with Crippen LogP contribution in [-0.4, -0.2) is 43.2 Å². The van der Waals surface area contributed by atoms with Gasteiger partial charge in [0.1, 0.15) is 0 Å². The van der Waals surface area contributed by atoms with E-state index in [0.717, 1.165) is 36.1 Å². The molecule has 0 aliphatic heterocycles. The van der Waals surface area contributed by atoms with E-state index in [1.54, 1.807) is 4.57 Å². The van der Waals surface area contributed by atoms with Crippen LogP contribution in [0.5, 0.6) is 0 Å². The van der Waals surface area contributed by atoms with Crippen LogP contribution in [-0.2, 0) is 6.54 Å². The first-order chi connectivity index (χ1) is 8.50. The largest absolute Gasteiger partial charge is 0.315 e. The minimum Gasteiger partial charge on any atom is -0.315 e. The number of aryl methyl sites for hydroxylation is 1. The Kier molecular flexibility index (Phi) is 6.60. The van der Waals surface area contributed by atoms with Crippen molar-refractivity contribution in [3.63, 3.8) is 0 Å². The van der Waals surface area contributed by atoms with Gasteiger partial charge < -0.3 is 14.8 Å². The van der Waals surface area contributed by atoms with Gasteiger partial charge in [0.15, 0.2) is 0 Å². The number of hydrogen-bond acceptors (Lipinski definition) is 3. The number of rotatable bonds is 7. The topological polar surface area (TPSA) is 37.3 Å². The summed E-state index contributed by atoms with van der Waals surface area (Å²) in [4.78, 5) is 14.0. The Balaban J connectivity index is 2.34. The van der Waals surface area contributed by atoms with Crippen molar-refractivity contribution in [3.8, 4) is 0 Å². The fourth-order valence-electron chi connectivity index (χ4n) is 1.75. The van der Waals surface area contributed by atoms with E-state index in [-0.39, 0.29) is 5.56 Å². The second-order valence-corrected chi connectivity index (χ2v) is 5.66. The summed E-state index contributed by atoms with van der Waals surface area (Å²) >= 11 is 3.41. The second kappa shape index (κ2) is 7.71. The molecular formula is C13H22BrN3O. The Hall–Kier alpha value is -0.650. The van der Waals surface area contributed by atoms with Crippen molar-refractivity contribution in [1.82, 2.24) is 14.8 Å². The smallest absolute Gasteiger partial charge is 0.253 e. The highest BCUT2D eigenvalue weighted by atomic mass is 79.9. The first-order valence-corrected chi connectivity index (χ1v) is 7.02. The number of nitrogens with one attached hydrogen (secondary N) is 1. The molecule has 4 nitrogen and oxygen atoms in total. The molecule has 1 rings (SSSR count). The molecule has 1 heterocycles. The zero-order chi connectivity index (χ0) is 13.5. The number of hydrogen-bond donors (Lipinski definition) is 1. The molecule has 0 saturated carbocycles. The van der Waals surface area contributed by atoms with Gasteiger partial charge in [-0.3, -0.25) is 4.79 Å². The van der Waals surface area contributed by atoms with E-state index in [1.165, 1.54) is 0 Å². The van der Waals surface area contributed by atoms with Gasteiger partial charge in [-0.2, -0.15) is 0 Å². The standard InChI is InChI=1S/C13H22BrN3O/c1-11-9-12(14)10-17(13(11)18)8-6-15-5-4-7-16(2)3/h9-10,15H,4-8H2,1-3H3. The average molecular weight is 316 g/mol. The molecule has 1 aromatic rings. The number of aromatic nitrogens is 1. The fraction of sp³-hybridized carbons (Fsp3) is 0.615. The zero-order valence-corrected chi connectivity index (χ0v) is 13.0. The first kappa shape index (κ1) is 15.4. The van der Waals surface area contributed by atoms with Crippen molar-refractivity contribution in [2.24, 2.45) is 0 Å². The molecule has 0 aromatic carbocycles. The van der Waals surface area contributed by atoms with Crippen LogP contribution in [0, 0.1) is 6.92 Å². The summed E-state index contributed by atoms with van der Waals surface area (Å²) in [7, 11) is 4.15. The van der Waals surface area contributed by atoms with Gasteiger partial charge in [0.2, 0.25) is 0 Å². The highest BCUT2D eigenvalue weighted by Crippen LogP contribution is 2.07. The third-order valence-corrected chi connectivity index (χ3v) is 3.15. The summed E-state index contributed by atoms with van der Waals surface area (Å²) in [6, 6.07) is 1.85. The summed E-state index contributed by atoms with van der Waals surface area (Å²) in [6.45, 7) is 5.45. The molecule has 102 valence electrons. The van der Waals surface area contributed by atoms with Gasteiger partial charge in [-0.05, 0) is 62.5 Å². The van der Waals surface area contributed by atoms with Crippen molar-refractivity contribution in [2.75, 3.05) is 33.7 Å². The van der Waals surface area contributed by atoms with Crippen LogP contribution in [0.15, 0.2) is 21.5 Å². The average Bonchev–Trinajstić information content (AvgIpc) is 2.29. The molecule has 0 atom stereocenters. The van der Waals surface area contributed by atoms with E-state index in [4.69, 9.17) is 0 Å². The van der Waals surface area contributed by atoms with Crippen molar-refractivity contribution >= 4 is 15.9 Å². The summed E-state index contributed by atoms with van der Waals surface area (Å²) in [5.41, 5.74) is 0.866. The number of nitrogens with zero attached hydrogens (tertiary/aromatic N) is 2. The zero-order valence-electron chi connectivity index (χ0n) is 11.4. The molecule has 0 radical (unpaired) electrons. The van der Waals surface area contributed by atoms with Crippen LogP contribution in [0.3, 0.4) is 0 Å². The number of pyridine rings is 1. The summed E-state index contributed by atoms with van der Waals surface area (Å²) in [6.07, 6.45) is 2.97. The molecule has 1 aromatic heterocycles. The molecule has 0 aliphatic carbocycles. The van der Waals surface area contributed by atoms with Crippen LogP contribution >= 0.6 is 15.9 Å². The predicted molar refractivity (Wildman–Crippen MR) is 79.2 cm³/mol. The minimum absolute atomic E-state index is 0.0910. The van der Waals surface area contributed by atoms with E-state index in [9.17, 15) is 4.79 Å². The Morgan fingerprint density at radius 1 is 1.39 bits per heavy atom. The Labute approximate surface area is 117 Å². The van der Waals surface area contributed by atoms with E-state index in [2.05, 4.69) is 40.2 Å². The molecule has 0 bridgehead atoms. The maximum Gasteiger partial charge on any atom is 0.253 e. The molecule has 0 unspecified atom stereocenters. The lowest BCUT2D eigenvalue weighted by atomic mass is 10.3. The van der Waals surface area contributed by atoms with E-state index >= 15 is 0 Å². The molecule has 0 spiro atoms. The maximum atomic E-state index is 11.8. The fourth-order valence-corrected chi connectivity index (χ4v) is 2.34. The van der Waals surface area contributed by atoms with Crippen LogP contribution < -0.4 is 10.9 Å². The molecule has 5 heteroatoms. The van der Waals surface area contributed by atoms with Crippen molar-refractivity contribution in [2.45, 2.75) is 19.9 Å². The monoisotopic (exact) mass is 315 g/mol. The van der Waals surface area contributed by atoms with Gasteiger partial charge in [-0.1, -0.05) is 0 Å². The normalized spacial score (nSPS) is 11.2. The lowest BCUT2D eigenvalue weighted by Crippen LogP contribution is -2.29. The molecule has 0 amide bonds. The van der Waals surface area contributed by atoms with Crippen molar-refractivity contribution < 1.29 is 0 Å². The van der Waals surface area contributed by atoms with E-state index in [0.29, 0.717) is 6.54 Å². The molecule has 0 saturated heterocycles. The van der Waals surface area contributed by atoms with Crippen LogP contribution in [0.4, 0.5) is 0 Å². The number of halogens is 1. The summed E-state index contributed by atoms with van der Waals surface area (Å²) < 4.78 is 2.70. The predicted octanol–water partition coefficient (Wildman–Crippen LogP) is 1.46. The molecule has 0 aliphatic rings. The van der Waals surface area contributed by atoms with Gasteiger partial charge in [-0.25, -0.2) is 0 Å². The second-order valence-electron chi connectivity index (χ2n) is 4.75. The third-order valence-electron chi connectivity index (χ3n) is 2.72. The Morgan fingerprint density at radius 3 is 2.78 bits per heavy atom. The van der Waals surface area contributed by atoms with Gasteiger partial charge in [0, 0.05) is 29.3 Å². The third kappa shape index (κ3) is 5.33. The lowest BCUT2D eigenvalue weighted by molar-refractivity contribution is 0.393. The van der Waals surface area contributed by atoms with Gasteiger partial charge >= 0.3 is 0 Å². The molecule has 1 N–H and O–H groups in total. The summed E-state index contributed by atoms with van der Waals surface area (Å²) in [5.74, 6) is 0. The first-order valence-electron chi connectivity index (χ1n) is 6.22. The highest BCUT2D eigenvalue weighted by Gasteiger charge is 2.01. The van der Waals surface area contributed by atoms with Crippen LogP contribution in [0.1, 0.15) is 12.0 Å². The van der Waals surface area contributed by atoms with E-state index in [1.807, 2.05) is 19.2 Å². The van der Waals surface area contributed by atoms with Gasteiger partial charge in [0.05, 0.1) is 0 Å².